The molecule has 0 bridgehead atoms. The standard InChI is InChI=1S/C15H21NO3S/c1-15(18,11-19-2)10-16-14(17)9-6-12-4-7-13(20-3)8-5-12/h4-9,18H,10-11H2,1-3H3,(H,16,17)/b9-6+/t15-/m1/s1. The van der Waals surface area contributed by atoms with Crippen molar-refractivity contribution in [3.63, 3.8) is 0 Å². The maximum Gasteiger partial charge on any atom is 0.244 e. The third-order valence-corrected chi connectivity index (χ3v) is 3.39. The van der Waals surface area contributed by atoms with Gasteiger partial charge in [-0.15, -0.1) is 11.8 Å². The van der Waals surface area contributed by atoms with Crippen molar-refractivity contribution in [2.24, 2.45) is 0 Å². The number of nitrogens with one attached hydrogen (secondary N) is 1. The lowest BCUT2D eigenvalue weighted by molar-refractivity contribution is -0.118. The molecule has 2 N–H and O–H groups in total. The number of carbonyl (C=O) groups is 1. The normalized spacial score (nSPS) is 14.2. The summed E-state index contributed by atoms with van der Waals surface area (Å²) in [5, 5.41) is 12.5. The molecule has 0 saturated carbocycles. The van der Waals surface area contributed by atoms with E-state index in [0.717, 1.165) is 5.56 Å². The van der Waals surface area contributed by atoms with E-state index in [2.05, 4.69) is 5.32 Å². The van der Waals surface area contributed by atoms with Crippen molar-refractivity contribution in [3.8, 4) is 0 Å². The van der Waals surface area contributed by atoms with Gasteiger partial charge in [-0.2, -0.15) is 0 Å². The first-order chi connectivity index (χ1) is 9.46. The van der Waals surface area contributed by atoms with E-state index in [1.807, 2.05) is 30.5 Å². The Morgan fingerprint density at radius 3 is 2.65 bits per heavy atom. The van der Waals surface area contributed by atoms with Crippen molar-refractivity contribution in [2.45, 2.75) is 17.4 Å². The van der Waals surface area contributed by atoms with Gasteiger partial charge in [-0.1, -0.05) is 12.1 Å². The topological polar surface area (TPSA) is 58.6 Å². The third kappa shape index (κ3) is 6.23. The summed E-state index contributed by atoms with van der Waals surface area (Å²) in [6.07, 6.45) is 5.21. The average molecular weight is 295 g/mol. The number of methoxy groups -OCH3 is 1. The molecular formula is C15H21NO3S. The Balaban J connectivity index is 2.46. The minimum atomic E-state index is -1.06. The van der Waals surface area contributed by atoms with Gasteiger partial charge in [0.25, 0.3) is 0 Å². The van der Waals surface area contributed by atoms with Crippen molar-refractivity contribution in [1.82, 2.24) is 5.32 Å². The van der Waals surface area contributed by atoms with Crippen LogP contribution in [0.4, 0.5) is 0 Å². The summed E-state index contributed by atoms with van der Waals surface area (Å²) in [7, 11) is 1.51. The zero-order valence-electron chi connectivity index (χ0n) is 12.1. The van der Waals surface area contributed by atoms with Gasteiger partial charge in [0, 0.05) is 24.6 Å². The lowest BCUT2D eigenvalue weighted by Gasteiger charge is -2.21. The van der Waals surface area contributed by atoms with Crippen molar-refractivity contribution in [2.75, 3.05) is 26.5 Å². The fourth-order valence-corrected chi connectivity index (χ4v) is 1.99. The van der Waals surface area contributed by atoms with E-state index in [0.29, 0.717) is 0 Å². The van der Waals surface area contributed by atoms with Gasteiger partial charge < -0.3 is 15.2 Å². The van der Waals surface area contributed by atoms with Crippen LogP contribution in [0.3, 0.4) is 0 Å². The van der Waals surface area contributed by atoms with E-state index in [-0.39, 0.29) is 19.1 Å². The number of ether oxygens (including phenoxy) is 1. The number of hydrogen-bond acceptors (Lipinski definition) is 4. The predicted octanol–water partition coefficient (Wildman–Crippen LogP) is 1.94. The first kappa shape index (κ1) is 16.8. The van der Waals surface area contributed by atoms with Crippen molar-refractivity contribution in [1.29, 1.82) is 0 Å². The minimum absolute atomic E-state index is 0.148. The van der Waals surface area contributed by atoms with Crippen molar-refractivity contribution < 1.29 is 14.6 Å². The Kier molecular flexibility index (Phi) is 6.78. The molecule has 1 atom stereocenters. The second-order valence-electron chi connectivity index (χ2n) is 4.75. The van der Waals surface area contributed by atoms with Gasteiger partial charge in [0.05, 0.1) is 6.61 Å². The van der Waals surface area contributed by atoms with Crippen LogP contribution in [0.15, 0.2) is 35.2 Å². The number of rotatable bonds is 7. The molecule has 1 rings (SSSR count). The van der Waals surface area contributed by atoms with Gasteiger partial charge in [-0.25, -0.2) is 0 Å². The number of benzene rings is 1. The maximum atomic E-state index is 11.6. The SMILES string of the molecule is COC[C@](C)(O)CNC(=O)/C=C/c1ccc(SC)cc1. The van der Waals surface area contributed by atoms with E-state index in [4.69, 9.17) is 4.74 Å². The van der Waals surface area contributed by atoms with E-state index >= 15 is 0 Å². The van der Waals surface area contributed by atoms with Crippen LogP contribution in [0.5, 0.6) is 0 Å². The van der Waals surface area contributed by atoms with Crippen LogP contribution in [-0.4, -0.2) is 43.1 Å². The minimum Gasteiger partial charge on any atom is -0.386 e. The van der Waals surface area contributed by atoms with Crippen LogP contribution in [0.2, 0.25) is 0 Å². The second kappa shape index (κ2) is 8.09. The zero-order chi connectivity index (χ0) is 15.0. The van der Waals surface area contributed by atoms with Crippen molar-refractivity contribution in [3.05, 3.63) is 35.9 Å². The number of amides is 1. The Morgan fingerprint density at radius 2 is 2.10 bits per heavy atom. The third-order valence-electron chi connectivity index (χ3n) is 2.64. The van der Waals surface area contributed by atoms with E-state index < -0.39 is 5.60 Å². The molecule has 110 valence electrons. The molecule has 0 aliphatic carbocycles. The number of aliphatic hydroxyl groups is 1. The molecule has 0 aliphatic heterocycles. The van der Waals surface area contributed by atoms with Gasteiger partial charge in [-0.3, -0.25) is 4.79 Å². The van der Waals surface area contributed by atoms with Crippen LogP contribution in [0, 0.1) is 0 Å². The predicted molar refractivity (Wildman–Crippen MR) is 82.8 cm³/mol. The fourth-order valence-electron chi connectivity index (χ4n) is 1.59. The van der Waals surface area contributed by atoms with Crippen LogP contribution >= 0.6 is 11.8 Å². The molecule has 0 aromatic heterocycles. The van der Waals surface area contributed by atoms with Crippen LogP contribution in [0.1, 0.15) is 12.5 Å². The molecule has 0 heterocycles. The molecule has 1 aromatic rings. The highest BCUT2D eigenvalue weighted by Gasteiger charge is 2.20. The summed E-state index contributed by atoms with van der Waals surface area (Å²) >= 11 is 1.67. The molecule has 20 heavy (non-hydrogen) atoms. The quantitative estimate of drug-likeness (QED) is 0.596. The highest BCUT2D eigenvalue weighted by molar-refractivity contribution is 7.98. The second-order valence-corrected chi connectivity index (χ2v) is 5.63. The summed E-state index contributed by atoms with van der Waals surface area (Å²) in [5.41, 5.74) is -0.0975. The summed E-state index contributed by atoms with van der Waals surface area (Å²) < 4.78 is 4.87. The molecule has 0 unspecified atom stereocenters. The van der Waals surface area contributed by atoms with Crippen LogP contribution < -0.4 is 5.32 Å². The summed E-state index contributed by atoms with van der Waals surface area (Å²) in [6.45, 7) is 1.93. The number of hydrogen-bond donors (Lipinski definition) is 2. The van der Waals surface area contributed by atoms with Gasteiger partial charge in [-0.05, 0) is 37.0 Å². The van der Waals surface area contributed by atoms with Gasteiger partial charge in [0.2, 0.25) is 5.91 Å². The first-order valence-electron chi connectivity index (χ1n) is 6.28. The molecule has 0 radical (unpaired) electrons. The van der Waals surface area contributed by atoms with E-state index in [1.54, 1.807) is 24.8 Å². The number of carbonyl (C=O) groups excluding carboxylic acids is 1. The molecule has 0 spiro atoms. The average Bonchev–Trinajstić information content (AvgIpc) is 2.43. The van der Waals surface area contributed by atoms with Crippen molar-refractivity contribution >= 4 is 23.7 Å². The van der Waals surface area contributed by atoms with E-state index in [1.165, 1.54) is 18.1 Å². The largest absolute Gasteiger partial charge is 0.386 e. The van der Waals surface area contributed by atoms with Gasteiger partial charge in [0.1, 0.15) is 5.60 Å². The summed E-state index contributed by atoms with van der Waals surface area (Å²) in [6, 6.07) is 7.92. The molecule has 4 nitrogen and oxygen atoms in total. The lowest BCUT2D eigenvalue weighted by Crippen LogP contribution is -2.43. The fraction of sp³-hybridized carbons (Fsp3) is 0.400. The summed E-state index contributed by atoms with van der Waals surface area (Å²) in [4.78, 5) is 12.8. The van der Waals surface area contributed by atoms with Gasteiger partial charge in [0.15, 0.2) is 0 Å². The smallest absolute Gasteiger partial charge is 0.244 e. The lowest BCUT2D eigenvalue weighted by atomic mass is 10.1. The molecule has 0 saturated heterocycles. The zero-order valence-corrected chi connectivity index (χ0v) is 12.9. The molecule has 5 heteroatoms. The Bertz CT molecular complexity index is 455. The van der Waals surface area contributed by atoms with E-state index in [9.17, 15) is 9.90 Å². The summed E-state index contributed by atoms with van der Waals surface area (Å²) in [5.74, 6) is -0.240. The molecule has 0 aliphatic rings. The Hall–Kier alpha value is -1.30. The molecule has 1 amide bonds. The number of thioether (sulfide) groups is 1. The molecular weight excluding hydrogens is 274 g/mol. The van der Waals surface area contributed by atoms with Gasteiger partial charge >= 0.3 is 0 Å². The molecule has 1 aromatic carbocycles. The maximum absolute atomic E-state index is 11.6. The first-order valence-corrected chi connectivity index (χ1v) is 7.50. The van der Waals surface area contributed by atoms with Crippen LogP contribution in [0.25, 0.3) is 6.08 Å². The highest BCUT2D eigenvalue weighted by Crippen LogP contribution is 2.15. The Labute approximate surface area is 124 Å². The monoisotopic (exact) mass is 295 g/mol. The molecule has 0 fully saturated rings. The Morgan fingerprint density at radius 1 is 1.45 bits per heavy atom. The van der Waals surface area contributed by atoms with Crippen LogP contribution in [-0.2, 0) is 9.53 Å². The highest BCUT2D eigenvalue weighted by atomic mass is 32.2.